The van der Waals surface area contributed by atoms with E-state index in [1.165, 1.54) is 0 Å². The van der Waals surface area contributed by atoms with Crippen LogP contribution in [0.3, 0.4) is 0 Å². The molecule has 26 heavy (non-hydrogen) atoms. The molecule has 6 heteroatoms. The molecule has 0 heterocycles. The van der Waals surface area contributed by atoms with Crippen LogP contribution in [-0.2, 0) is 17.8 Å². The molecule has 0 bridgehead atoms. The lowest BCUT2D eigenvalue weighted by Gasteiger charge is -2.13. The van der Waals surface area contributed by atoms with E-state index >= 15 is 0 Å². The van der Waals surface area contributed by atoms with Crippen molar-refractivity contribution in [3.8, 4) is 5.75 Å². The molecule has 142 valence electrons. The molecule has 0 aliphatic carbocycles. The number of benzene rings is 2. The van der Waals surface area contributed by atoms with Crippen molar-refractivity contribution in [2.75, 3.05) is 13.1 Å². The molecule has 4 nitrogen and oxygen atoms in total. The fourth-order valence-electron chi connectivity index (χ4n) is 2.47. The van der Waals surface area contributed by atoms with Gasteiger partial charge in [0, 0.05) is 17.6 Å². The van der Waals surface area contributed by atoms with Crippen LogP contribution in [-0.4, -0.2) is 25.0 Å². The Hall–Kier alpha value is -1.75. The van der Waals surface area contributed by atoms with Crippen LogP contribution in [0.2, 0.25) is 5.02 Å². The molecule has 0 saturated carbocycles. The lowest BCUT2D eigenvalue weighted by atomic mass is 10.1. The molecule has 0 unspecified atom stereocenters. The number of hydrogen-bond donors (Lipinski definition) is 2. The molecule has 0 fully saturated rings. The van der Waals surface area contributed by atoms with Crippen molar-refractivity contribution in [2.24, 2.45) is 0 Å². The maximum Gasteiger partial charge on any atom is 0.224 e. The van der Waals surface area contributed by atoms with Gasteiger partial charge in [0.05, 0.1) is 6.42 Å². The third-order valence-electron chi connectivity index (χ3n) is 3.72. The van der Waals surface area contributed by atoms with Crippen LogP contribution in [0.1, 0.15) is 25.0 Å². The zero-order valence-corrected chi connectivity index (χ0v) is 16.7. The Morgan fingerprint density at radius 3 is 2.62 bits per heavy atom. The Balaban J connectivity index is 0.00000338. The van der Waals surface area contributed by atoms with Crippen LogP contribution in [0.5, 0.6) is 5.75 Å². The first-order valence-electron chi connectivity index (χ1n) is 8.53. The predicted octanol–water partition coefficient (Wildman–Crippen LogP) is 4.00. The van der Waals surface area contributed by atoms with Gasteiger partial charge >= 0.3 is 0 Å². The van der Waals surface area contributed by atoms with Gasteiger partial charge in [-0.15, -0.1) is 12.4 Å². The molecule has 2 aromatic rings. The summed E-state index contributed by atoms with van der Waals surface area (Å²) in [6.07, 6.45) is 0.340. The number of carbonyl (C=O) groups is 1. The van der Waals surface area contributed by atoms with Gasteiger partial charge in [-0.25, -0.2) is 0 Å². The first kappa shape index (κ1) is 22.3. The van der Waals surface area contributed by atoms with Gasteiger partial charge in [-0.1, -0.05) is 42.8 Å². The molecule has 0 spiro atoms. The summed E-state index contributed by atoms with van der Waals surface area (Å²) in [7, 11) is 0. The Labute approximate surface area is 166 Å². The maximum atomic E-state index is 12.1. The summed E-state index contributed by atoms with van der Waals surface area (Å²) in [4.78, 5) is 12.1. The first-order chi connectivity index (χ1) is 12.1. The van der Waals surface area contributed by atoms with Crippen molar-refractivity contribution in [2.45, 2.75) is 32.9 Å². The van der Waals surface area contributed by atoms with Gasteiger partial charge in [0.25, 0.3) is 0 Å². The van der Waals surface area contributed by atoms with Gasteiger partial charge in [-0.05, 0) is 48.9 Å². The number of amides is 1. The minimum Gasteiger partial charge on any atom is -0.489 e. The van der Waals surface area contributed by atoms with Gasteiger partial charge < -0.3 is 15.4 Å². The Kier molecular flexibility index (Phi) is 10.1. The lowest BCUT2D eigenvalue weighted by molar-refractivity contribution is -0.120. The molecule has 2 aromatic carbocycles. The molecular formula is C20H26Cl2N2O2. The van der Waals surface area contributed by atoms with Crippen molar-refractivity contribution >= 4 is 29.9 Å². The number of carbonyl (C=O) groups excluding carboxylic acids is 1. The average Bonchev–Trinajstić information content (AvgIpc) is 2.59. The Morgan fingerprint density at radius 1 is 1.15 bits per heavy atom. The number of ether oxygens (including phenoxy) is 1. The van der Waals surface area contributed by atoms with Crippen LogP contribution in [0.15, 0.2) is 48.5 Å². The smallest absolute Gasteiger partial charge is 0.224 e. The van der Waals surface area contributed by atoms with Gasteiger partial charge in [0.15, 0.2) is 0 Å². The SMILES string of the molecule is CCN[C@H](C)CNC(=O)Cc1cccc(OCc2cccc(Cl)c2)c1.Cl. The van der Waals surface area contributed by atoms with Crippen molar-refractivity contribution in [3.05, 3.63) is 64.7 Å². The molecule has 0 saturated heterocycles. The monoisotopic (exact) mass is 396 g/mol. The Morgan fingerprint density at radius 2 is 1.88 bits per heavy atom. The van der Waals surface area contributed by atoms with Gasteiger partial charge in [-0.3, -0.25) is 4.79 Å². The average molecular weight is 397 g/mol. The van der Waals surface area contributed by atoms with Crippen LogP contribution in [0, 0.1) is 0 Å². The second-order valence-corrected chi connectivity index (χ2v) is 6.44. The van der Waals surface area contributed by atoms with Crippen LogP contribution in [0.4, 0.5) is 0 Å². The standard InChI is InChI=1S/C20H25ClN2O2.ClH/c1-3-22-15(2)13-23-20(24)12-16-6-5-9-19(11-16)25-14-17-7-4-8-18(21)10-17;/h4-11,15,22H,3,12-14H2,1-2H3,(H,23,24);1H/t15-;/m1./s1. The third-order valence-corrected chi connectivity index (χ3v) is 3.95. The molecule has 0 aromatic heterocycles. The fourth-order valence-corrected chi connectivity index (χ4v) is 2.69. The van der Waals surface area contributed by atoms with E-state index in [4.69, 9.17) is 16.3 Å². The summed E-state index contributed by atoms with van der Waals surface area (Å²) in [5.74, 6) is 0.753. The second-order valence-electron chi connectivity index (χ2n) is 6.01. The Bertz CT molecular complexity index is 695. The number of nitrogens with one attached hydrogen (secondary N) is 2. The van der Waals surface area contributed by atoms with Crippen molar-refractivity contribution in [3.63, 3.8) is 0 Å². The summed E-state index contributed by atoms with van der Waals surface area (Å²) in [6, 6.07) is 15.5. The molecule has 0 aliphatic heterocycles. The third kappa shape index (κ3) is 8.09. The van der Waals surface area contributed by atoms with Gasteiger partial charge in [0.1, 0.15) is 12.4 Å². The highest BCUT2D eigenvalue weighted by molar-refractivity contribution is 6.30. The summed E-state index contributed by atoms with van der Waals surface area (Å²) in [5, 5.41) is 6.90. The highest BCUT2D eigenvalue weighted by Gasteiger charge is 2.07. The van der Waals surface area contributed by atoms with E-state index in [1.807, 2.05) is 62.4 Å². The first-order valence-corrected chi connectivity index (χ1v) is 8.91. The minimum atomic E-state index is 0. The summed E-state index contributed by atoms with van der Waals surface area (Å²) in [6.45, 7) is 6.05. The molecule has 0 aliphatic rings. The van der Waals surface area contributed by atoms with Crippen molar-refractivity contribution < 1.29 is 9.53 Å². The van der Waals surface area contributed by atoms with E-state index in [0.717, 1.165) is 23.4 Å². The lowest BCUT2D eigenvalue weighted by Crippen LogP contribution is -2.39. The summed E-state index contributed by atoms with van der Waals surface area (Å²) >= 11 is 5.98. The van der Waals surface area contributed by atoms with E-state index in [-0.39, 0.29) is 24.4 Å². The molecule has 2 N–H and O–H groups in total. The quantitative estimate of drug-likeness (QED) is 0.673. The van der Waals surface area contributed by atoms with Crippen molar-refractivity contribution in [1.82, 2.24) is 10.6 Å². The fraction of sp³-hybridized carbons (Fsp3) is 0.350. The molecule has 1 amide bonds. The largest absolute Gasteiger partial charge is 0.489 e. The normalized spacial score (nSPS) is 11.3. The van der Waals surface area contributed by atoms with E-state index in [1.54, 1.807) is 0 Å². The highest BCUT2D eigenvalue weighted by atomic mass is 35.5. The van der Waals surface area contributed by atoms with Gasteiger partial charge in [-0.2, -0.15) is 0 Å². The second kappa shape index (κ2) is 11.8. The molecular weight excluding hydrogens is 371 g/mol. The van der Waals surface area contributed by atoms with Crippen LogP contribution in [0.25, 0.3) is 0 Å². The molecule has 2 rings (SSSR count). The van der Waals surface area contributed by atoms with Crippen molar-refractivity contribution in [1.29, 1.82) is 0 Å². The zero-order chi connectivity index (χ0) is 18.1. The predicted molar refractivity (Wildman–Crippen MR) is 109 cm³/mol. The number of halogens is 2. The number of rotatable bonds is 9. The van der Waals surface area contributed by atoms with Crippen LogP contribution < -0.4 is 15.4 Å². The van der Waals surface area contributed by atoms with E-state index in [0.29, 0.717) is 24.6 Å². The van der Waals surface area contributed by atoms with E-state index in [2.05, 4.69) is 10.6 Å². The minimum absolute atomic E-state index is 0. The summed E-state index contributed by atoms with van der Waals surface area (Å²) in [5.41, 5.74) is 1.94. The molecule has 0 radical (unpaired) electrons. The van der Waals surface area contributed by atoms with E-state index < -0.39 is 0 Å². The summed E-state index contributed by atoms with van der Waals surface area (Å²) < 4.78 is 5.80. The topological polar surface area (TPSA) is 50.4 Å². The zero-order valence-electron chi connectivity index (χ0n) is 15.1. The van der Waals surface area contributed by atoms with Crippen LogP contribution >= 0.6 is 24.0 Å². The van der Waals surface area contributed by atoms with E-state index in [9.17, 15) is 4.79 Å². The van der Waals surface area contributed by atoms with Gasteiger partial charge in [0.2, 0.25) is 5.91 Å². The number of hydrogen-bond acceptors (Lipinski definition) is 3. The highest BCUT2D eigenvalue weighted by Crippen LogP contribution is 2.17. The molecule has 1 atom stereocenters. The maximum absolute atomic E-state index is 12.1. The number of likely N-dealkylation sites (N-methyl/N-ethyl adjacent to an activating group) is 1.